The summed E-state index contributed by atoms with van der Waals surface area (Å²) in [5, 5.41) is 5.60. The third-order valence-corrected chi connectivity index (χ3v) is 7.24. The summed E-state index contributed by atoms with van der Waals surface area (Å²) < 4.78 is 18.7. The molecule has 0 spiro atoms. The maximum absolute atomic E-state index is 14.9. The van der Waals surface area contributed by atoms with Gasteiger partial charge >= 0.3 is 5.69 Å². The fourth-order valence-electron chi connectivity index (χ4n) is 4.51. The Morgan fingerprint density at radius 2 is 1.84 bits per heavy atom. The van der Waals surface area contributed by atoms with Gasteiger partial charge < -0.3 is 10.6 Å². The average molecular weight is 522 g/mol. The van der Waals surface area contributed by atoms with E-state index in [-0.39, 0.29) is 34.0 Å². The van der Waals surface area contributed by atoms with Crippen LogP contribution in [0.2, 0.25) is 0 Å². The number of hydrogen-bond donors (Lipinski definition) is 2. The van der Waals surface area contributed by atoms with Crippen molar-refractivity contribution in [3.05, 3.63) is 85.0 Å². The zero-order chi connectivity index (χ0) is 26.4. The van der Waals surface area contributed by atoms with Crippen molar-refractivity contribution in [2.24, 2.45) is 7.05 Å². The highest BCUT2D eigenvalue weighted by molar-refractivity contribution is 7.98. The van der Waals surface area contributed by atoms with Crippen LogP contribution >= 0.6 is 11.8 Å². The van der Waals surface area contributed by atoms with E-state index >= 15 is 0 Å². The Labute approximate surface area is 214 Å². The monoisotopic (exact) mass is 521 g/mol. The Kier molecular flexibility index (Phi) is 6.24. The molecule has 37 heavy (non-hydrogen) atoms. The second kappa shape index (κ2) is 9.40. The number of pyridine rings is 1. The number of nitrogens with zero attached hydrogens (tertiary/aromatic N) is 3. The normalized spacial score (nSPS) is 13.1. The summed E-state index contributed by atoms with van der Waals surface area (Å²) in [5.74, 6) is -0.465. The Hall–Kier alpha value is -4.12. The summed E-state index contributed by atoms with van der Waals surface area (Å²) in [6.07, 6.45) is 3.70. The standard InChI is InChI=1S/C26H24FN5O4S/c1-14-22-21(23(30(2)24(14)34)29-20-10-9-18(37-3)12-19(20)27)25(35)32(16-7-8-16)26(36)31(22)17-6-4-5-15(11-17)28-13-33/h4-6,9-13,16,29H,7-8H2,1-3H3,(H,28,33). The van der Waals surface area contributed by atoms with Crippen LogP contribution in [0, 0.1) is 12.7 Å². The molecular formula is C26H24FN5O4S. The molecule has 2 aromatic carbocycles. The molecule has 190 valence electrons. The number of aromatic nitrogens is 3. The van der Waals surface area contributed by atoms with Crippen LogP contribution in [-0.2, 0) is 11.8 Å². The van der Waals surface area contributed by atoms with Crippen molar-refractivity contribution in [2.75, 3.05) is 16.9 Å². The number of amides is 1. The maximum Gasteiger partial charge on any atom is 0.336 e. The Bertz CT molecular complexity index is 1750. The molecule has 9 nitrogen and oxygen atoms in total. The third-order valence-electron chi connectivity index (χ3n) is 6.51. The van der Waals surface area contributed by atoms with Crippen molar-refractivity contribution < 1.29 is 9.18 Å². The molecule has 2 heterocycles. The van der Waals surface area contributed by atoms with Crippen LogP contribution in [0.4, 0.5) is 21.6 Å². The fourth-order valence-corrected chi connectivity index (χ4v) is 4.94. The van der Waals surface area contributed by atoms with Gasteiger partial charge in [-0.15, -0.1) is 11.8 Å². The van der Waals surface area contributed by atoms with Gasteiger partial charge in [0.15, 0.2) is 0 Å². The molecule has 0 saturated heterocycles. The first-order valence-corrected chi connectivity index (χ1v) is 12.8. The minimum atomic E-state index is -0.582. The summed E-state index contributed by atoms with van der Waals surface area (Å²) in [4.78, 5) is 52.6. The van der Waals surface area contributed by atoms with E-state index in [1.54, 1.807) is 43.3 Å². The van der Waals surface area contributed by atoms with E-state index in [9.17, 15) is 23.6 Å². The first-order valence-electron chi connectivity index (χ1n) is 11.6. The number of halogens is 1. The van der Waals surface area contributed by atoms with E-state index < -0.39 is 22.6 Å². The van der Waals surface area contributed by atoms with Crippen LogP contribution in [0.1, 0.15) is 24.4 Å². The van der Waals surface area contributed by atoms with Crippen molar-refractivity contribution in [3.63, 3.8) is 0 Å². The zero-order valence-corrected chi connectivity index (χ0v) is 21.2. The lowest BCUT2D eigenvalue weighted by Gasteiger charge is -2.21. The predicted molar refractivity (Wildman–Crippen MR) is 143 cm³/mol. The molecule has 0 radical (unpaired) electrons. The molecule has 0 bridgehead atoms. The fraction of sp³-hybridized carbons (Fsp3) is 0.231. The molecule has 1 fully saturated rings. The zero-order valence-electron chi connectivity index (χ0n) is 20.4. The summed E-state index contributed by atoms with van der Waals surface area (Å²) in [5.41, 5.74) is -0.375. The molecule has 2 aromatic heterocycles. The number of thioether (sulfide) groups is 1. The van der Waals surface area contributed by atoms with E-state index in [4.69, 9.17) is 0 Å². The number of anilines is 3. The predicted octanol–water partition coefficient (Wildman–Crippen LogP) is 3.67. The molecule has 1 amide bonds. The highest BCUT2D eigenvalue weighted by Crippen LogP contribution is 2.34. The lowest BCUT2D eigenvalue weighted by atomic mass is 10.1. The molecule has 5 rings (SSSR count). The number of rotatable bonds is 7. The highest BCUT2D eigenvalue weighted by Gasteiger charge is 2.31. The summed E-state index contributed by atoms with van der Waals surface area (Å²) in [6, 6.07) is 10.9. The van der Waals surface area contributed by atoms with Gasteiger partial charge in [-0.1, -0.05) is 6.07 Å². The molecule has 1 aliphatic rings. The number of carbonyl (C=O) groups is 1. The number of aryl methyl sites for hydroxylation is 1. The lowest BCUT2D eigenvalue weighted by molar-refractivity contribution is -0.105. The topological polar surface area (TPSA) is 107 Å². The smallest absolute Gasteiger partial charge is 0.336 e. The van der Waals surface area contributed by atoms with Gasteiger partial charge in [-0.25, -0.2) is 9.18 Å². The van der Waals surface area contributed by atoms with E-state index in [1.807, 2.05) is 6.26 Å². The second-order valence-corrected chi connectivity index (χ2v) is 9.75. The van der Waals surface area contributed by atoms with Crippen LogP contribution in [-0.4, -0.2) is 26.4 Å². The van der Waals surface area contributed by atoms with Gasteiger partial charge in [0, 0.05) is 29.2 Å². The maximum atomic E-state index is 14.9. The largest absolute Gasteiger partial charge is 0.338 e. The number of fused-ring (bicyclic) bond motifs is 1. The van der Waals surface area contributed by atoms with Crippen molar-refractivity contribution in [2.45, 2.75) is 30.7 Å². The van der Waals surface area contributed by atoms with Gasteiger partial charge in [0.25, 0.3) is 11.1 Å². The van der Waals surface area contributed by atoms with Crippen molar-refractivity contribution >= 4 is 46.3 Å². The number of carbonyl (C=O) groups excluding carboxylic acids is 1. The molecule has 0 unspecified atom stereocenters. The molecule has 11 heteroatoms. The summed E-state index contributed by atoms with van der Waals surface area (Å²) in [7, 11) is 1.50. The van der Waals surface area contributed by atoms with Gasteiger partial charge in [-0.05, 0) is 62.4 Å². The third kappa shape index (κ3) is 4.14. The average Bonchev–Trinajstić information content (AvgIpc) is 3.71. The van der Waals surface area contributed by atoms with Crippen LogP contribution in [0.5, 0.6) is 0 Å². The van der Waals surface area contributed by atoms with Gasteiger partial charge in [-0.2, -0.15) is 0 Å². The molecule has 1 saturated carbocycles. The van der Waals surface area contributed by atoms with E-state index in [0.29, 0.717) is 30.6 Å². The van der Waals surface area contributed by atoms with Crippen LogP contribution < -0.4 is 27.4 Å². The molecule has 1 aliphatic carbocycles. The van der Waals surface area contributed by atoms with Gasteiger partial charge in [0.1, 0.15) is 17.0 Å². The second-order valence-electron chi connectivity index (χ2n) is 8.87. The van der Waals surface area contributed by atoms with Crippen LogP contribution in [0.15, 0.2) is 61.7 Å². The van der Waals surface area contributed by atoms with Gasteiger partial charge in [0.05, 0.1) is 16.9 Å². The quantitative estimate of drug-likeness (QED) is 0.284. The highest BCUT2D eigenvalue weighted by atomic mass is 32.2. The summed E-state index contributed by atoms with van der Waals surface area (Å²) >= 11 is 1.39. The van der Waals surface area contributed by atoms with Crippen LogP contribution in [0.25, 0.3) is 16.6 Å². The van der Waals surface area contributed by atoms with E-state index in [2.05, 4.69) is 10.6 Å². The van der Waals surface area contributed by atoms with Gasteiger partial charge in [-0.3, -0.25) is 28.1 Å². The van der Waals surface area contributed by atoms with Crippen LogP contribution in [0.3, 0.4) is 0 Å². The van der Waals surface area contributed by atoms with E-state index in [0.717, 1.165) is 4.90 Å². The number of hydrogen-bond acceptors (Lipinski definition) is 6. The molecule has 0 aliphatic heterocycles. The van der Waals surface area contributed by atoms with Crippen molar-refractivity contribution in [1.82, 2.24) is 13.7 Å². The summed E-state index contributed by atoms with van der Waals surface area (Å²) in [6.45, 7) is 1.55. The molecule has 4 aromatic rings. The molecule has 0 atom stereocenters. The van der Waals surface area contributed by atoms with Crippen molar-refractivity contribution in [3.8, 4) is 5.69 Å². The van der Waals surface area contributed by atoms with Crippen molar-refractivity contribution in [1.29, 1.82) is 0 Å². The lowest BCUT2D eigenvalue weighted by Crippen LogP contribution is -2.41. The molecular weight excluding hydrogens is 497 g/mol. The first kappa shape index (κ1) is 24.6. The minimum absolute atomic E-state index is 0.0803. The number of benzene rings is 2. The van der Waals surface area contributed by atoms with Gasteiger partial charge in [0.2, 0.25) is 6.41 Å². The Morgan fingerprint density at radius 3 is 2.49 bits per heavy atom. The Morgan fingerprint density at radius 1 is 1.08 bits per heavy atom. The Balaban J connectivity index is 1.89. The molecule has 2 N–H and O–H groups in total. The first-order chi connectivity index (χ1) is 17.8. The minimum Gasteiger partial charge on any atom is -0.338 e. The van der Waals surface area contributed by atoms with E-state index in [1.165, 1.54) is 38.6 Å². The number of nitrogens with one attached hydrogen (secondary N) is 2. The SMILES string of the molecule is CSc1ccc(Nc2c3c(=O)n(C4CC4)c(=O)n(-c4cccc(NC=O)c4)c3c(C)c(=O)n2C)c(F)c1.